The van der Waals surface area contributed by atoms with Gasteiger partial charge in [0.2, 0.25) is 0 Å². The summed E-state index contributed by atoms with van der Waals surface area (Å²) in [5, 5.41) is 14.4. The molecule has 1 rings (SSSR count). The highest BCUT2D eigenvalue weighted by Crippen LogP contribution is 2.14. The minimum absolute atomic E-state index is 0.316. The van der Waals surface area contributed by atoms with Crippen molar-refractivity contribution in [2.75, 3.05) is 13.1 Å². The van der Waals surface area contributed by atoms with Crippen LogP contribution in [0, 0.1) is 6.92 Å². The van der Waals surface area contributed by atoms with Crippen LogP contribution >= 0.6 is 11.3 Å². The van der Waals surface area contributed by atoms with Gasteiger partial charge in [0.15, 0.2) is 0 Å². The molecule has 3 nitrogen and oxygen atoms in total. The molecule has 0 amide bonds. The molecule has 0 fully saturated rings. The molecule has 0 aliphatic carbocycles. The third kappa shape index (κ3) is 3.44. The first-order valence-electron chi connectivity index (χ1n) is 4.36. The Kier molecular flexibility index (Phi) is 4.38. The summed E-state index contributed by atoms with van der Waals surface area (Å²) < 4.78 is 0. The van der Waals surface area contributed by atoms with Crippen molar-refractivity contribution in [1.29, 1.82) is 0 Å². The average molecular weight is 200 g/mol. The van der Waals surface area contributed by atoms with E-state index < -0.39 is 6.10 Å². The van der Waals surface area contributed by atoms with Gasteiger partial charge in [-0.1, -0.05) is 0 Å². The predicted molar refractivity (Wildman–Crippen MR) is 55.8 cm³/mol. The van der Waals surface area contributed by atoms with E-state index in [1.807, 2.05) is 0 Å². The number of aliphatic hydroxyl groups is 1. The molecule has 1 unspecified atom stereocenters. The molecule has 0 saturated carbocycles. The molecular weight excluding hydrogens is 184 g/mol. The molecular formula is C9H16N2OS. The lowest BCUT2D eigenvalue weighted by Gasteiger charge is -2.08. The van der Waals surface area contributed by atoms with E-state index in [4.69, 9.17) is 5.73 Å². The lowest BCUT2D eigenvalue weighted by molar-refractivity contribution is 0.179. The van der Waals surface area contributed by atoms with Gasteiger partial charge in [-0.2, -0.15) is 0 Å². The molecule has 0 saturated heterocycles. The number of thiophene rings is 1. The van der Waals surface area contributed by atoms with Crippen molar-refractivity contribution in [1.82, 2.24) is 5.32 Å². The molecule has 0 aromatic carbocycles. The third-order valence-electron chi connectivity index (χ3n) is 1.91. The number of nitrogens with two attached hydrogens (primary N) is 1. The van der Waals surface area contributed by atoms with Gasteiger partial charge < -0.3 is 16.2 Å². The van der Waals surface area contributed by atoms with Crippen molar-refractivity contribution in [3.8, 4) is 0 Å². The normalized spacial score (nSPS) is 13.2. The van der Waals surface area contributed by atoms with Crippen LogP contribution in [0.2, 0.25) is 0 Å². The van der Waals surface area contributed by atoms with Crippen LogP contribution in [0.1, 0.15) is 10.4 Å². The Labute approximate surface area is 82.6 Å². The van der Waals surface area contributed by atoms with Gasteiger partial charge in [-0.25, -0.2) is 0 Å². The zero-order valence-electron chi connectivity index (χ0n) is 7.79. The molecule has 0 spiro atoms. The molecule has 4 heteroatoms. The fourth-order valence-corrected chi connectivity index (χ4v) is 1.90. The van der Waals surface area contributed by atoms with Crippen LogP contribution in [0.25, 0.3) is 0 Å². The number of hydrogen-bond acceptors (Lipinski definition) is 4. The van der Waals surface area contributed by atoms with Crippen LogP contribution in [-0.4, -0.2) is 24.3 Å². The zero-order chi connectivity index (χ0) is 9.68. The largest absolute Gasteiger partial charge is 0.390 e. The number of nitrogens with one attached hydrogen (secondary N) is 1. The Morgan fingerprint density at radius 1 is 1.69 bits per heavy atom. The van der Waals surface area contributed by atoms with Crippen LogP contribution in [0.5, 0.6) is 0 Å². The van der Waals surface area contributed by atoms with Crippen molar-refractivity contribution in [3.63, 3.8) is 0 Å². The Morgan fingerprint density at radius 3 is 3.00 bits per heavy atom. The molecule has 4 N–H and O–H groups in total. The second kappa shape index (κ2) is 5.34. The summed E-state index contributed by atoms with van der Waals surface area (Å²) in [5.74, 6) is 0. The lowest BCUT2D eigenvalue weighted by Crippen LogP contribution is -2.32. The van der Waals surface area contributed by atoms with Crippen molar-refractivity contribution < 1.29 is 5.11 Å². The Hall–Kier alpha value is -0.420. The Morgan fingerprint density at radius 2 is 2.46 bits per heavy atom. The van der Waals surface area contributed by atoms with Gasteiger partial charge in [-0.15, -0.1) is 11.3 Å². The van der Waals surface area contributed by atoms with Gasteiger partial charge in [-0.05, 0) is 23.9 Å². The highest BCUT2D eigenvalue weighted by atomic mass is 32.1. The maximum atomic E-state index is 9.17. The molecule has 0 aliphatic rings. The molecule has 1 atom stereocenters. The van der Waals surface area contributed by atoms with E-state index in [1.54, 1.807) is 11.3 Å². The smallest absolute Gasteiger partial charge is 0.0786 e. The van der Waals surface area contributed by atoms with Gasteiger partial charge in [-0.3, -0.25) is 0 Å². The van der Waals surface area contributed by atoms with Crippen molar-refractivity contribution in [2.24, 2.45) is 5.73 Å². The summed E-state index contributed by atoms with van der Waals surface area (Å²) in [6.07, 6.45) is -0.430. The van der Waals surface area contributed by atoms with Crippen molar-refractivity contribution in [2.45, 2.75) is 19.6 Å². The quantitative estimate of drug-likeness (QED) is 0.647. The molecule has 0 radical (unpaired) electrons. The van der Waals surface area contributed by atoms with E-state index in [0.29, 0.717) is 13.1 Å². The average Bonchev–Trinajstić information content (AvgIpc) is 2.52. The van der Waals surface area contributed by atoms with Gasteiger partial charge in [0.1, 0.15) is 0 Å². The van der Waals surface area contributed by atoms with Gasteiger partial charge in [0.05, 0.1) is 6.10 Å². The number of aryl methyl sites for hydroxylation is 1. The fraction of sp³-hybridized carbons (Fsp3) is 0.556. The van der Waals surface area contributed by atoms with E-state index in [-0.39, 0.29) is 0 Å². The van der Waals surface area contributed by atoms with Crippen LogP contribution in [0.4, 0.5) is 0 Å². The minimum atomic E-state index is -0.430. The highest BCUT2D eigenvalue weighted by Gasteiger charge is 2.02. The number of hydrogen-bond donors (Lipinski definition) is 3. The first kappa shape index (κ1) is 10.7. The molecule has 1 aromatic rings. The van der Waals surface area contributed by atoms with Crippen molar-refractivity contribution >= 4 is 11.3 Å². The predicted octanol–water partition coefficient (Wildman–Crippen LogP) is 0.466. The number of rotatable bonds is 5. The zero-order valence-corrected chi connectivity index (χ0v) is 8.60. The van der Waals surface area contributed by atoms with Crippen LogP contribution in [0.3, 0.4) is 0 Å². The van der Waals surface area contributed by atoms with Crippen LogP contribution < -0.4 is 11.1 Å². The lowest BCUT2D eigenvalue weighted by atomic mass is 10.3. The van der Waals surface area contributed by atoms with E-state index in [9.17, 15) is 5.11 Å². The van der Waals surface area contributed by atoms with Gasteiger partial charge in [0, 0.05) is 24.5 Å². The molecule has 74 valence electrons. The van der Waals surface area contributed by atoms with E-state index >= 15 is 0 Å². The van der Waals surface area contributed by atoms with Crippen LogP contribution in [-0.2, 0) is 6.54 Å². The molecule has 1 aromatic heterocycles. The van der Waals surface area contributed by atoms with Gasteiger partial charge in [0.25, 0.3) is 0 Å². The molecule has 0 bridgehead atoms. The summed E-state index contributed by atoms with van der Waals surface area (Å²) in [6, 6.07) is 2.10. The topological polar surface area (TPSA) is 58.3 Å². The maximum Gasteiger partial charge on any atom is 0.0786 e. The second-order valence-electron chi connectivity index (χ2n) is 3.05. The standard InChI is InChI=1S/C9H16N2OS/c1-7-2-3-13-9(7)6-11-5-8(12)4-10/h2-3,8,11-12H,4-6,10H2,1H3. The first-order chi connectivity index (χ1) is 6.24. The van der Waals surface area contributed by atoms with Crippen LogP contribution in [0.15, 0.2) is 11.4 Å². The first-order valence-corrected chi connectivity index (χ1v) is 5.24. The van der Waals surface area contributed by atoms with E-state index in [2.05, 4.69) is 23.7 Å². The van der Waals surface area contributed by atoms with E-state index in [1.165, 1.54) is 10.4 Å². The summed E-state index contributed by atoms with van der Waals surface area (Å²) in [6.45, 7) is 3.79. The minimum Gasteiger partial charge on any atom is -0.390 e. The molecule has 0 aliphatic heterocycles. The van der Waals surface area contributed by atoms with Crippen molar-refractivity contribution in [3.05, 3.63) is 21.9 Å². The second-order valence-corrected chi connectivity index (χ2v) is 4.05. The fourth-order valence-electron chi connectivity index (χ4n) is 1.02. The summed E-state index contributed by atoms with van der Waals surface area (Å²) >= 11 is 1.73. The summed E-state index contributed by atoms with van der Waals surface area (Å²) in [4.78, 5) is 1.32. The number of aliphatic hydroxyl groups excluding tert-OH is 1. The third-order valence-corrected chi connectivity index (χ3v) is 2.93. The maximum absolute atomic E-state index is 9.17. The van der Waals surface area contributed by atoms with E-state index in [0.717, 1.165) is 6.54 Å². The summed E-state index contributed by atoms with van der Waals surface area (Å²) in [5.41, 5.74) is 6.58. The summed E-state index contributed by atoms with van der Waals surface area (Å²) in [7, 11) is 0. The SMILES string of the molecule is Cc1ccsc1CNCC(O)CN. The Balaban J connectivity index is 2.24. The molecule has 13 heavy (non-hydrogen) atoms. The molecule has 1 heterocycles. The van der Waals surface area contributed by atoms with Gasteiger partial charge >= 0.3 is 0 Å². The highest BCUT2D eigenvalue weighted by molar-refractivity contribution is 7.10. The Bertz CT molecular complexity index is 250. The monoisotopic (exact) mass is 200 g/mol.